The molecule has 0 radical (unpaired) electrons. The third kappa shape index (κ3) is 2.83. The quantitative estimate of drug-likeness (QED) is 0.902. The molecule has 6 nitrogen and oxygen atoms in total. The molecule has 2 atom stereocenters. The van der Waals surface area contributed by atoms with Crippen LogP contribution >= 0.6 is 11.3 Å². The fourth-order valence-electron chi connectivity index (χ4n) is 3.15. The molecule has 0 bridgehead atoms. The van der Waals surface area contributed by atoms with Gasteiger partial charge in [-0.15, -0.1) is 11.3 Å². The van der Waals surface area contributed by atoms with Crippen molar-refractivity contribution < 1.29 is 23.9 Å². The Morgan fingerprint density at radius 1 is 1.35 bits per heavy atom. The molecule has 2 saturated heterocycles. The van der Waals surface area contributed by atoms with Gasteiger partial charge in [0.2, 0.25) is 11.6 Å². The number of likely N-dealkylation sites (tertiary alicyclic amines) is 2. The zero-order chi connectivity index (χ0) is 16.6. The van der Waals surface area contributed by atoms with Crippen LogP contribution in [0.15, 0.2) is 17.5 Å². The second kappa shape index (κ2) is 5.92. The van der Waals surface area contributed by atoms with Crippen molar-refractivity contribution in [3.8, 4) is 0 Å². The van der Waals surface area contributed by atoms with Gasteiger partial charge in [0.05, 0.1) is 11.4 Å². The van der Waals surface area contributed by atoms with E-state index in [1.54, 1.807) is 17.5 Å². The van der Waals surface area contributed by atoms with E-state index in [4.69, 9.17) is 5.11 Å². The normalized spacial score (nSPS) is 27.4. The predicted octanol–water partition coefficient (Wildman–Crippen LogP) is 1.38. The average molecular weight is 340 g/mol. The number of carbonyl (C=O) groups excluding carboxylic acids is 2. The van der Waals surface area contributed by atoms with Crippen LogP contribution in [0, 0.1) is 0 Å². The summed E-state index contributed by atoms with van der Waals surface area (Å²) in [4.78, 5) is 39.4. The monoisotopic (exact) mass is 340 g/mol. The molecule has 0 spiro atoms. The summed E-state index contributed by atoms with van der Waals surface area (Å²) < 4.78 is 14.1. The lowest BCUT2D eigenvalue weighted by Crippen LogP contribution is -2.48. The molecule has 2 unspecified atom stereocenters. The summed E-state index contributed by atoms with van der Waals surface area (Å²) in [5, 5.41) is 10.7. The summed E-state index contributed by atoms with van der Waals surface area (Å²) in [6.45, 7) is 0.110. The molecule has 23 heavy (non-hydrogen) atoms. The van der Waals surface area contributed by atoms with Crippen LogP contribution in [0.3, 0.4) is 0 Å². The van der Waals surface area contributed by atoms with E-state index in [0.717, 1.165) is 0 Å². The predicted molar refractivity (Wildman–Crippen MR) is 81.0 cm³/mol. The topological polar surface area (TPSA) is 77.9 Å². The smallest absolute Gasteiger partial charge is 0.343 e. The number of aliphatic carboxylic acids is 1. The van der Waals surface area contributed by atoms with Gasteiger partial charge >= 0.3 is 5.97 Å². The van der Waals surface area contributed by atoms with Gasteiger partial charge in [-0.05, 0) is 24.3 Å². The zero-order valence-corrected chi connectivity index (χ0v) is 13.2. The Bertz CT molecular complexity index is 635. The maximum Gasteiger partial charge on any atom is 0.343 e. The summed E-state index contributed by atoms with van der Waals surface area (Å²) in [5.41, 5.74) is -2.38. The zero-order valence-electron chi connectivity index (χ0n) is 12.4. The number of alkyl halides is 1. The number of hydrogen-bond donors (Lipinski definition) is 1. The second-order valence-corrected chi connectivity index (χ2v) is 6.86. The molecule has 1 N–H and O–H groups in total. The first-order valence-corrected chi connectivity index (χ1v) is 8.36. The van der Waals surface area contributed by atoms with Crippen molar-refractivity contribution in [2.75, 3.05) is 19.6 Å². The van der Waals surface area contributed by atoms with Gasteiger partial charge in [0.1, 0.15) is 6.04 Å². The molecule has 3 rings (SSSR count). The van der Waals surface area contributed by atoms with Gasteiger partial charge < -0.3 is 14.9 Å². The third-order valence-electron chi connectivity index (χ3n) is 4.45. The van der Waals surface area contributed by atoms with Gasteiger partial charge in [-0.2, -0.15) is 0 Å². The molecule has 2 amide bonds. The highest BCUT2D eigenvalue weighted by molar-refractivity contribution is 7.12. The number of carboxylic acids is 1. The Hall–Kier alpha value is -1.96. The van der Waals surface area contributed by atoms with Gasteiger partial charge in [-0.1, -0.05) is 6.07 Å². The molecule has 0 saturated carbocycles. The van der Waals surface area contributed by atoms with Gasteiger partial charge in [0.25, 0.3) is 5.91 Å². The SMILES string of the molecule is O=C(C1CCCN1C(=O)c1cccs1)N1CCC(F)(C(=O)O)C1. The van der Waals surface area contributed by atoms with Crippen LogP contribution in [0.1, 0.15) is 28.9 Å². The Morgan fingerprint density at radius 2 is 2.13 bits per heavy atom. The highest BCUT2D eigenvalue weighted by atomic mass is 32.1. The van der Waals surface area contributed by atoms with Crippen LogP contribution in [-0.2, 0) is 9.59 Å². The van der Waals surface area contributed by atoms with Crippen molar-refractivity contribution in [1.82, 2.24) is 9.80 Å². The number of rotatable bonds is 3. The fraction of sp³-hybridized carbons (Fsp3) is 0.533. The maximum absolute atomic E-state index is 14.1. The van der Waals surface area contributed by atoms with Gasteiger partial charge in [-0.25, -0.2) is 9.18 Å². The van der Waals surface area contributed by atoms with E-state index in [9.17, 15) is 18.8 Å². The lowest BCUT2D eigenvalue weighted by atomic mass is 10.1. The standard InChI is InChI=1S/C15H17FN2O4S/c16-15(14(21)22)5-7-17(9-15)12(19)10-3-1-6-18(10)13(20)11-4-2-8-23-11/h2,4,8,10H,1,3,5-7,9H2,(H,21,22). The number of thiophene rings is 1. The van der Waals surface area contributed by atoms with Gasteiger partial charge in [-0.3, -0.25) is 9.59 Å². The minimum Gasteiger partial charge on any atom is -0.479 e. The van der Waals surface area contributed by atoms with Crippen LogP contribution < -0.4 is 0 Å². The molecular weight excluding hydrogens is 323 g/mol. The molecule has 1 aromatic heterocycles. The highest BCUT2D eigenvalue weighted by Gasteiger charge is 2.49. The summed E-state index contributed by atoms with van der Waals surface area (Å²) in [5.74, 6) is -2.08. The van der Waals surface area contributed by atoms with Crippen LogP contribution in [-0.4, -0.2) is 64.0 Å². The number of hydrogen-bond acceptors (Lipinski definition) is 4. The number of nitrogens with zero attached hydrogens (tertiary/aromatic N) is 2. The summed E-state index contributed by atoms with van der Waals surface area (Å²) in [6, 6.07) is 2.86. The van der Waals surface area contributed by atoms with Crippen LogP contribution in [0.4, 0.5) is 4.39 Å². The highest BCUT2D eigenvalue weighted by Crippen LogP contribution is 2.29. The van der Waals surface area contributed by atoms with E-state index in [0.29, 0.717) is 24.3 Å². The summed E-state index contributed by atoms with van der Waals surface area (Å²) >= 11 is 1.31. The Kier molecular flexibility index (Phi) is 4.09. The molecule has 2 aliphatic rings. The Morgan fingerprint density at radius 3 is 2.74 bits per heavy atom. The van der Waals surface area contributed by atoms with E-state index in [1.165, 1.54) is 21.1 Å². The largest absolute Gasteiger partial charge is 0.479 e. The lowest BCUT2D eigenvalue weighted by Gasteiger charge is -2.27. The van der Waals surface area contributed by atoms with Crippen LogP contribution in [0.5, 0.6) is 0 Å². The van der Waals surface area contributed by atoms with E-state index >= 15 is 0 Å². The molecule has 1 aromatic rings. The number of amides is 2. The van der Waals surface area contributed by atoms with Crippen molar-refractivity contribution in [3.63, 3.8) is 0 Å². The van der Waals surface area contributed by atoms with E-state index in [-0.39, 0.29) is 24.8 Å². The first kappa shape index (κ1) is 15.9. The number of carboxylic acid groups (broad SMARTS) is 1. The van der Waals surface area contributed by atoms with Crippen LogP contribution in [0.2, 0.25) is 0 Å². The first-order chi connectivity index (χ1) is 10.9. The molecular formula is C15H17FN2O4S. The molecule has 2 aliphatic heterocycles. The molecule has 8 heteroatoms. The lowest BCUT2D eigenvalue weighted by molar-refractivity contribution is -0.150. The molecule has 2 fully saturated rings. The third-order valence-corrected chi connectivity index (χ3v) is 5.30. The van der Waals surface area contributed by atoms with Crippen molar-refractivity contribution >= 4 is 29.1 Å². The van der Waals surface area contributed by atoms with Crippen molar-refractivity contribution in [3.05, 3.63) is 22.4 Å². The van der Waals surface area contributed by atoms with E-state index in [1.807, 2.05) is 0 Å². The van der Waals surface area contributed by atoms with E-state index in [2.05, 4.69) is 0 Å². The first-order valence-electron chi connectivity index (χ1n) is 7.48. The minimum absolute atomic E-state index is 0.0686. The number of halogens is 1. The van der Waals surface area contributed by atoms with Gasteiger partial charge in [0, 0.05) is 19.5 Å². The van der Waals surface area contributed by atoms with Crippen LogP contribution in [0.25, 0.3) is 0 Å². The Labute approximate surface area is 136 Å². The summed E-state index contributed by atoms with van der Waals surface area (Å²) in [6.07, 6.45) is 1.03. The second-order valence-electron chi connectivity index (χ2n) is 5.91. The number of carbonyl (C=O) groups is 3. The average Bonchev–Trinajstić information content (AvgIpc) is 3.26. The molecule has 3 heterocycles. The molecule has 0 aliphatic carbocycles. The molecule has 124 valence electrons. The van der Waals surface area contributed by atoms with E-state index < -0.39 is 24.2 Å². The van der Waals surface area contributed by atoms with Crippen molar-refractivity contribution in [2.45, 2.75) is 31.0 Å². The van der Waals surface area contributed by atoms with Gasteiger partial charge in [0.15, 0.2) is 0 Å². The minimum atomic E-state index is -2.38. The van der Waals surface area contributed by atoms with Crippen molar-refractivity contribution in [2.24, 2.45) is 0 Å². The molecule has 0 aromatic carbocycles. The summed E-state index contributed by atoms with van der Waals surface area (Å²) in [7, 11) is 0. The Balaban J connectivity index is 1.72. The van der Waals surface area contributed by atoms with Crippen molar-refractivity contribution in [1.29, 1.82) is 0 Å². The fourth-order valence-corrected chi connectivity index (χ4v) is 3.83. The maximum atomic E-state index is 14.1.